The van der Waals surface area contributed by atoms with Crippen molar-refractivity contribution < 1.29 is 14.3 Å². The first-order chi connectivity index (χ1) is 12.6. The number of ether oxygens (including phenoxy) is 2. The maximum Gasteiger partial charge on any atom is 0.227 e. The predicted molar refractivity (Wildman–Crippen MR) is 102 cm³/mol. The van der Waals surface area contributed by atoms with Crippen LogP contribution in [0.4, 0.5) is 0 Å². The van der Waals surface area contributed by atoms with E-state index in [2.05, 4.69) is 31.2 Å². The van der Waals surface area contributed by atoms with Crippen LogP contribution in [0.3, 0.4) is 0 Å². The molecule has 4 nitrogen and oxygen atoms in total. The fraction of sp³-hybridized carbons (Fsp3) is 0.409. The molecular weight excluding hydrogens is 326 g/mol. The highest BCUT2D eigenvalue weighted by Crippen LogP contribution is 2.26. The van der Waals surface area contributed by atoms with Gasteiger partial charge in [-0.1, -0.05) is 42.0 Å². The van der Waals surface area contributed by atoms with E-state index in [0.717, 1.165) is 16.9 Å². The van der Waals surface area contributed by atoms with Crippen LogP contribution in [0.2, 0.25) is 0 Å². The number of hydrogen-bond donors (Lipinski definition) is 0. The number of hydrogen-bond acceptors (Lipinski definition) is 3. The van der Waals surface area contributed by atoms with E-state index in [-0.39, 0.29) is 18.1 Å². The van der Waals surface area contributed by atoms with Crippen molar-refractivity contribution in [1.29, 1.82) is 0 Å². The molecule has 0 aromatic heterocycles. The first kappa shape index (κ1) is 18.5. The largest absolute Gasteiger partial charge is 0.494 e. The molecule has 1 saturated heterocycles. The number of amides is 1. The van der Waals surface area contributed by atoms with E-state index in [4.69, 9.17) is 9.47 Å². The minimum atomic E-state index is -0.0592. The highest BCUT2D eigenvalue weighted by Gasteiger charge is 2.30. The quantitative estimate of drug-likeness (QED) is 0.818. The van der Waals surface area contributed by atoms with Crippen LogP contribution in [0.5, 0.6) is 5.75 Å². The maximum atomic E-state index is 12.9. The van der Waals surface area contributed by atoms with E-state index in [1.54, 1.807) is 0 Å². The summed E-state index contributed by atoms with van der Waals surface area (Å²) in [6.45, 7) is 7.88. The number of nitrogens with zero attached hydrogens (tertiary/aromatic N) is 1. The maximum absolute atomic E-state index is 12.9. The number of morpholine rings is 1. The van der Waals surface area contributed by atoms with Gasteiger partial charge in [0.15, 0.2) is 0 Å². The fourth-order valence-electron chi connectivity index (χ4n) is 3.23. The first-order valence-electron chi connectivity index (χ1n) is 9.26. The Kier molecular flexibility index (Phi) is 5.94. The summed E-state index contributed by atoms with van der Waals surface area (Å²) in [5, 5.41) is 0. The predicted octanol–water partition coefficient (Wildman–Crippen LogP) is 3.92. The van der Waals surface area contributed by atoms with E-state index in [9.17, 15) is 4.79 Å². The molecule has 0 saturated carbocycles. The van der Waals surface area contributed by atoms with Gasteiger partial charge in [-0.15, -0.1) is 0 Å². The Morgan fingerprint density at radius 2 is 1.85 bits per heavy atom. The van der Waals surface area contributed by atoms with E-state index in [0.29, 0.717) is 26.2 Å². The summed E-state index contributed by atoms with van der Waals surface area (Å²) < 4.78 is 11.4. The number of benzene rings is 2. The highest BCUT2D eigenvalue weighted by atomic mass is 16.5. The summed E-state index contributed by atoms with van der Waals surface area (Å²) in [6.07, 6.45) is 0.341. The summed E-state index contributed by atoms with van der Waals surface area (Å²) in [6, 6.07) is 16.2. The number of rotatable bonds is 5. The zero-order valence-corrected chi connectivity index (χ0v) is 15.8. The van der Waals surface area contributed by atoms with Crippen molar-refractivity contribution in [3.05, 3.63) is 65.2 Å². The van der Waals surface area contributed by atoms with E-state index < -0.39 is 0 Å². The minimum Gasteiger partial charge on any atom is -0.494 e. The van der Waals surface area contributed by atoms with Gasteiger partial charge in [0, 0.05) is 0 Å². The summed E-state index contributed by atoms with van der Waals surface area (Å²) in [5.41, 5.74) is 3.35. The Bertz CT molecular complexity index is 724. The van der Waals surface area contributed by atoms with Gasteiger partial charge in [0.2, 0.25) is 5.91 Å². The van der Waals surface area contributed by atoms with Crippen LogP contribution < -0.4 is 4.74 Å². The van der Waals surface area contributed by atoms with Crippen molar-refractivity contribution in [2.75, 3.05) is 19.8 Å². The zero-order valence-electron chi connectivity index (χ0n) is 15.8. The van der Waals surface area contributed by atoms with E-state index in [1.807, 2.05) is 43.0 Å². The molecule has 1 aliphatic rings. The Morgan fingerprint density at radius 1 is 1.15 bits per heavy atom. The second kappa shape index (κ2) is 8.37. The molecule has 1 amide bonds. The summed E-state index contributed by atoms with van der Waals surface area (Å²) >= 11 is 0. The molecule has 26 heavy (non-hydrogen) atoms. The molecule has 0 bridgehead atoms. The van der Waals surface area contributed by atoms with Crippen LogP contribution >= 0.6 is 0 Å². The number of aryl methyl sites for hydroxylation is 1. The standard InChI is InChI=1S/C22H27NO3/c1-4-25-20-11-7-18(8-12-20)13-22(24)23-14-21(26-15-17(23)3)19-9-5-16(2)6-10-19/h5-12,17,21H,4,13-15H2,1-3H3. The molecule has 1 aliphatic heterocycles. The van der Waals surface area contributed by atoms with Crippen molar-refractivity contribution in [2.24, 2.45) is 0 Å². The summed E-state index contributed by atoms with van der Waals surface area (Å²) in [7, 11) is 0. The summed E-state index contributed by atoms with van der Waals surface area (Å²) in [4.78, 5) is 14.8. The Morgan fingerprint density at radius 3 is 2.50 bits per heavy atom. The second-order valence-corrected chi connectivity index (χ2v) is 6.88. The van der Waals surface area contributed by atoms with Gasteiger partial charge in [0.1, 0.15) is 11.9 Å². The first-order valence-corrected chi connectivity index (χ1v) is 9.26. The van der Waals surface area contributed by atoms with Crippen LogP contribution in [-0.4, -0.2) is 36.6 Å². The van der Waals surface area contributed by atoms with Gasteiger partial charge in [-0.05, 0) is 44.0 Å². The van der Waals surface area contributed by atoms with Crippen LogP contribution in [0, 0.1) is 6.92 Å². The highest BCUT2D eigenvalue weighted by molar-refractivity contribution is 5.79. The smallest absolute Gasteiger partial charge is 0.227 e. The Hall–Kier alpha value is -2.33. The van der Waals surface area contributed by atoms with Crippen LogP contribution in [0.15, 0.2) is 48.5 Å². The second-order valence-electron chi connectivity index (χ2n) is 6.88. The van der Waals surface area contributed by atoms with Gasteiger partial charge in [-0.25, -0.2) is 0 Å². The molecule has 2 atom stereocenters. The van der Waals surface area contributed by atoms with Crippen LogP contribution in [0.25, 0.3) is 0 Å². The van der Waals surface area contributed by atoms with Gasteiger partial charge >= 0.3 is 0 Å². The molecule has 2 aromatic rings. The monoisotopic (exact) mass is 353 g/mol. The van der Waals surface area contributed by atoms with Crippen molar-refractivity contribution in [3.63, 3.8) is 0 Å². The molecule has 138 valence electrons. The Balaban J connectivity index is 1.65. The Labute approximate surface area is 155 Å². The molecule has 4 heteroatoms. The van der Waals surface area contributed by atoms with Crippen molar-refractivity contribution >= 4 is 5.91 Å². The molecule has 1 fully saturated rings. The average Bonchev–Trinajstić information content (AvgIpc) is 2.64. The van der Waals surface area contributed by atoms with E-state index in [1.165, 1.54) is 5.56 Å². The fourth-order valence-corrected chi connectivity index (χ4v) is 3.23. The van der Waals surface area contributed by atoms with Crippen molar-refractivity contribution in [3.8, 4) is 5.75 Å². The molecule has 0 aliphatic carbocycles. The third-order valence-electron chi connectivity index (χ3n) is 4.79. The van der Waals surface area contributed by atoms with E-state index >= 15 is 0 Å². The lowest BCUT2D eigenvalue weighted by molar-refractivity contribution is -0.143. The molecule has 2 aromatic carbocycles. The lowest BCUT2D eigenvalue weighted by Gasteiger charge is -2.38. The lowest BCUT2D eigenvalue weighted by Crippen LogP contribution is -2.48. The molecule has 3 rings (SSSR count). The zero-order chi connectivity index (χ0) is 18.5. The number of carbonyl (C=O) groups is 1. The van der Waals surface area contributed by atoms with Crippen LogP contribution in [-0.2, 0) is 16.0 Å². The molecule has 0 radical (unpaired) electrons. The average molecular weight is 353 g/mol. The molecule has 1 heterocycles. The topological polar surface area (TPSA) is 38.8 Å². The third kappa shape index (κ3) is 4.44. The minimum absolute atomic E-state index is 0.0592. The lowest BCUT2D eigenvalue weighted by atomic mass is 10.0. The molecular formula is C22H27NO3. The van der Waals surface area contributed by atoms with Gasteiger partial charge in [-0.3, -0.25) is 4.79 Å². The molecule has 0 N–H and O–H groups in total. The number of carbonyl (C=O) groups excluding carboxylic acids is 1. The van der Waals surface area contributed by atoms with Crippen LogP contribution in [0.1, 0.15) is 36.6 Å². The SMILES string of the molecule is CCOc1ccc(CC(=O)N2CC(c3ccc(C)cc3)OCC2C)cc1. The van der Waals surface area contributed by atoms with Gasteiger partial charge in [0.05, 0.1) is 32.2 Å². The third-order valence-corrected chi connectivity index (χ3v) is 4.79. The van der Waals surface area contributed by atoms with Crippen molar-refractivity contribution in [1.82, 2.24) is 4.90 Å². The van der Waals surface area contributed by atoms with Gasteiger partial charge in [0.25, 0.3) is 0 Å². The molecule has 2 unspecified atom stereocenters. The normalized spacial score (nSPS) is 20.0. The molecule has 0 spiro atoms. The summed E-state index contributed by atoms with van der Waals surface area (Å²) in [5.74, 6) is 0.977. The van der Waals surface area contributed by atoms with Gasteiger partial charge in [-0.2, -0.15) is 0 Å². The van der Waals surface area contributed by atoms with Crippen molar-refractivity contribution in [2.45, 2.75) is 39.3 Å². The van der Waals surface area contributed by atoms with Gasteiger partial charge < -0.3 is 14.4 Å².